The summed E-state index contributed by atoms with van der Waals surface area (Å²) in [7, 11) is -4.74. The largest absolute Gasteiger partial charge is 0.479 e. The van der Waals surface area contributed by atoms with Crippen LogP contribution in [0.2, 0.25) is 0 Å². The summed E-state index contributed by atoms with van der Waals surface area (Å²) >= 11 is 0. The van der Waals surface area contributed by atoms with Crippen LogP contribution in [0.3, 0.4) is 0 Å². The van der Waals surface area contributed by atoms with E-state index in [2.05, 4.69) is 72.9 Å². The molecule has 2 atom stereocenters. The third-order valence-electron chi connectivity index (χ3n) is 14.3. The highest BCUT2D eigenvalue weighted by Gasteiger charge is 2.50. The number of morpholine rings is 1. The number of pyridine rings is 2. The van der Waals surface area contributed by atoms with Crippen molar-refractivity contribution in [3.05, 3.63) is 99.9 Å². The van der Waals surface area contributed by atoms with Crippen molar-refractivity contribution >= 4 is 44.2 Å². The van der Waals surface area contributed by atoms with Gasteiger partial charge < -0.3 is 34.1 Å². The number of piperidine rings is 1. The predicted octanol–water partition coefficient (Wildman–Crippen LogP) is 7.71. The normalized spacial score (nSPS) is 21.5. The average molecular weight is 921 g/mol. The number of hydrogen-bond acceptors (Lipinski definition) is 14. The number of nitrogens with zero attached hydrogens (tertiary/aromatic N) is 5. The molecule has 18 heteroatoms. The molecule has 5 aromatic rings. The van der Waals surface area contributed by atoms with E-state index in [1.165, 1.54) is 17.3 Å². The SMILES string of the molecule is CC(C)c1ccccc1[C@@H]1COCCN1C1CC2(CCN(c3ccc(C(=O)NS(=O)(=O)c4cc([N+](=O)[O-])c5c(n4)NC[C@H](CC4CCOCC4)O5)c(Oc4cnc5[nH]ccc5c4)c3)CC2)C1. The highest BCUT2D eigenvalue weighted by Crippen LogP contribution is 2.53. The minimum Gasteiger partial charge on any atom is -0.479 e. The molecule has 1 saturated carbocycles. The Morgan fingerprint density at radius 2 is 1.83 bits per heavy atom. The molecular weight excluding hydrogens is 865 g/mol. The summed E-state index contributed by atoms with van der Waals surface area (Å²) in [5, 5.41) is 15.4. The van der Waals surface area contributed by atoms with Crippen LogP contribution >= 0.6 is 0 Å². The first-order valence-electron chi connectivity index (χ1n) is 23.1. The van der Waals surface area contributed by atoms with Crippen LogP contribution in [0.1, 0.15) is 92.2 Å². The molecule has 4 fully saturated rings. The second-order valence-electron chi connectivity index (χ2n) is 18.8. The van der Waals surface area contributed by atoms with Gasteiger partial charge in [0.1, 0.15) is 23.3 Å². The van der Waals surface area contributed by atoms with Crippen molar-refractivity contribution in [3.63, 3.8) is 0 Å². The molecule has 348 valence electrons. The van der Waals surface area contributed by atoms with Crippen molar-refractivity contribution < 1.29 is 37.1 Å². The lowest BCUT2D eigenvalue weighted by molar-refractivity contribution is -0.386. The molecule has 7 heterocycles. The molecule has 4 aliphatic heterocycles. The summed E-state index contributed by atoms with van der Waals surface area (Å²) in [6.07, 6.45) is 9.61. The van der Waals surface area contributed by atoms with Crippen LogP contribution in [0.5, 0.6) is 17.2 Å². The number of carbonyl (C=O) groups excluding carboxylic acids is 1. The molecule has 17 nitrogen and oxygen atoms in total. The van der Waals surface area contributed by atoms with Gasteiger partial charge in [-0.15, -0.1) is 0 Å². The quantitative estimate of drug-likeness (QED) is 0.0811. The fourth-order valence-electron chi connectivity index (χ4n) is 10.7. The number of ether oxygens (including phenoxy) is 4. The topological polar surface area (TPSA) is 203 Å². The zero-order valence-electron chi connectivity index (χ0n) is 37.2. The van der Waals surface area contributed by atoms with Gasteiger partial charge in [-0.25, -0.2) is 14.7 Å². The molecule has 1 amide bonds. The third-order valence-corrected chi connectivity index (χ3v) is 15.5. The highest BCUT2D eigenvalue weighted by atomic mass is 32.2. The number of sulfonamides is 1. The monoisotopic (exact) mass is 920 g/mol. The number of benzene rings is 2. The number of hydrogen-bond donors (Lipinski definition) is 3. The molecule has 2 aromatic carbocycles. The van der Waals surface area contributed by atoms with E-state index in [-0.39, 0.29) is 47.0 Å². The number of anilines is 2. The molecule has 66 heavy (non-hydrogen) atoms. The van der Waals surface area contributed by atoms with Crippen LogP contribution in [0, 0.1) is 21.4 Å². The van der Waals surface area contributed by atoms with Crippen LogP contribution in [-0.4, -0.2) is 104 Å². The second-order valence-corrected chi connectivity index (χ2v) is 20.4. The van der Waals surface area contributed by atoms with Crippen molar-refractivity contribution in [2.45, 2.75) is 87.9 Å². The van der Waals surface area contributed by atoms with Crippen LogP contribution in [0.15, 0.2) is 78.1 Å². The Morgan fingerprint density at radius 1 is 1.03 bits per heavy atom. The zero-order chi connectivity index (χ0) is 45.6. The van der Waals surface area contributed by atoms with Gasteiger partial charge in [0.05, 0.1) is 48.6 Å². The van der Waals surface area contributed by atoms with Crippen LogP contribution in [-0.2, 0) is 19.5 Å². The molecule has 0 bridgehead atoms. The average Bonchev–Trinajstić information content (AvgIpc) is 3.79. The number of amides is 1. The number of carbonyl (C=O) groups is 1. The first-order chi connectivity index (χ1) is 31.9. The van der Waals surface area contributed by atoms with Crippen molar-refractivity contribution in [2.75, 3.05) is 62.8 Å². The lowest BCUT2D eigenvalue weighted by Gasteiger charge is -2.57. The highest BCUT2D eigenvalue weighted by molar-refractivity contribution is 7.90. The molecule has 10 rings (SSSR count). The molecule has 0 radical (unpaired) electrons. The standard InChI is InChI=1S/C48H56N8O9S/c1-30(2)37-5-3-4-6-38(37)41-29-63-20-17-55(41)34-25-48(26-34)12-15-54(16-13-48)33-7-8-39(42(23-33)64-36-22-32-9-14-49-45(32)50-28-36)47(57)53-66(60,61)43-24-40(56(58)59)44-46(52-43)51-27-35(65-44)21-31-10-18-62-19-11-31/h3-9,14,22-24,28,30-31,34-35,41H,10-13,15-21,25-27,29H2,1-2H3,(H,49,50)(H,51,52)(H,53,57)/t35-,41-/m0/s1. The van der Waals surface area contributed by atoms with Gasteiger partial charge in [0.25, 0.3) is 15.9 Å². The number of fused-ring (bicyclic) bond motifs is 2. The number of aromatic amines is 1. The number of H-pyrrole nitrogens is 1. The Labute approximate surface area is 383 Å². The van der Waals surface area contributed by atoms with E-state index in [1.807, 2.05) is 6.07 Å². The second kappa shape index (κ2) is 18.1. The number of rotatable bonds is 12. The summed E-state index contributed by atoms with van der Waals surface area (Å²) in [6.45, 7) is 10.1. The van der Waals surface area contributed by atoms with E-state index < -0.39 is 31.6 Å². The fraction of sp³-hybridized carbons (Fsp3) is 0.479. The van der Waals surface area contributed by atoms with Gasteiger partial charge in [-0.2, -0.15) is 8.42 Å². The molecule has 3 saturated heterocycles. The maximum atomic E-state index is 14.1. The van der Waals surface area contributed by atoms with Crippen molar-refractivity contribution in [1.82, 2.24) is 24.6 Å². The van der Waals surface area contributed by atoms with Gasteiger partial charge in [-0.05, 0) is 97.6 Å². The molecule has 1 spiro atoms. The Morgan fingerprint density at radius 3 is 2.62 bits per heavy atom. The molecule has 3 aromatic heterocycles. The van der Waals surface area contributed by atoms with Crippen molar-refractivity contribution in [3.8, 4) is 17.2 Å². The number of nitrogens with one attached hydrogen (secondary N) is 3. The van der Waals surface area contributed by atoms with Crippen LogP contribution in [0.4, 0.5) is 17.2 Å². The molecule has 5 aliphatic rings. The van der Waals surface area contributed by atoms with E-state index in [9.17, 15) is 23.3 Å². The van der Waals surface area contributed by atoms with Gasteiger partial charge in [-0.3, -0.25) is 19.8 Å². The molecular formula is C48H56N8O9S. The van der Waals surface area contributed by atoms with Gasteiger partial charge in [0.2, 0.25) is 5.75 Å². The Kier molecular flexibility index (Phi) is 12.1. The number of aromatic nitrogens is 3. The van der Waals surface area contributed by atoms with Gasteiger partial charge in [-0.1, -0.05) is 38.1 Å². The van der Waals surface area contributed by atoms with E-state index >= 15 is 0 Å². The maximum Gasteiger partial charge on any atom is 0.317 e. The van der Waals surface area contributed by atoms with Gasteiger partial charge in [0, 0.05) is 62.2 Å². The van der Waals surface area contributed by atoms with Crippen molar-refractivity contribution in [2.24, 2.45) is 11.3 Å². The van der Waals surface area contributed by atoms with E-state index in [1.54, 1.807) is 30.5 Å². The summed E-state index contributed by atoms with van der Waals surface area (Å²) in [5.74, 6) is 0.0246. The first-order valence-corrected chi connectivity index (χ1v) is 24.6. The van der Waals surface area contributed by atoms with Gasteiger partial charge in [0.15, 0.2) is 10.8 Å². The molecule has 0 unspecified atom stereocenters. The van der Waals surface area contributed by atoms with Crippen LogP contribution < -0.4 is 24.4 Å². The number of nitro groups is 1. The third kappa shape index (κ3) is 8.90. The summed E-state index contributed by atoms with van der Waals surface area (Å²) in [4.78, 5) is 42.3. The Hall–Kier alpha value is -5.82. The zero-order valence-corrected chi connectivity index (χ0v) is 38.1. The minimum atomic E-state index is -4.74. The summed E-state index contributed by atoms with van der Waals surface area (Å²) in [5.41, 5.74) is 3.87. The lowest BCUT2D eigenvalue weighted by atomic mass is 9.59. The Bertz CT molecular complexity index is 2730. The predicted molar refractivity (Wildman–Crippen MR) is 247 cm³/mol. The van der Waals surface area contributed by atoms with Gasteiger partial charge >= 0.3 is 5.69 Å². The summed E-state index contributed by atoms with van der Waals surface area (Å²) < 4.78 is 53.8. The van der Waals surface area contributed by atoms with E-state index in [4.69, 9.17) is 18.9 Å². The maximum absolute atomic E-state index is 14.1. The Balaban J connectivity index is 0.854. The molecule has 3 N–H and O–H groups in total. The minimum absolute atomic E-state index is 0.0595. The fourth-order valence-corrected chi connectivity index (χ4v) is 11.6. The first kappa shape index (κ1) is 44.0. The lowest BCUT2D eigenvalue weighted by Crippen LogP contribution is -2.58. The van der Waals surface area contributed by atoms with Crippen LogP contribution in [0.25, 0.3) is 11.0 Å². The smallest absolute Gasteiger partial charge is 0.317 e. The summed E-state index contributed by atoms with van der Waals surface area (Å²) in [6, 6.07) is 19.1. The van der Waals surface area contributed by atoms with E-state index in [0.717, 1.165) is 81.9 Å². The molecule has 1 aliphatic carbocycles. The van der Waals surface area contributed by atoms with E-state index in [0.29, 0.717) is 55.5 Å². The van der Waals surface area contributed by atoms with Crippen molar-refractivity contribution in [1.29, 1.82) is 0 Å².